The lowest BCUT2D eigenvalue weighted by molar-refractivity contribution is 0.517. The number of hydrogen-bond acceptors (Lipinski definition) is 1. The Labute approximate surface area is 96.3 Å². The number of hydrogen-bond donors (Lipinski definition) is 1. The lowest BCUT2D eigenvalue weighted by Crippen LogP contribution is -2.19. The topological polar surface area (TPSA) is 26.0 Å². The van der Waals surface area contributed by atoms with Crippen LogP contribution >= 0.6 is 0 Å². The minimum Gasteiger partial charge on any atom is -0.324 e. The minimum atomic E-state index is 0.232. The van der Waals surface area contributed by atoms with E-state index in [1.54, 1.807) is 0 Å². The van der Waals surface area contributed by atoms with Crippen LogP contribution in [0.3, 0.4) is 0 Å². The predicted molar refractivity (Wildman–Crippen MR) is 68.5 cm³/mol. The van der Waals surface area contributed by atoms with Crippen LogP contribution < -0.4 is 5.73 Å². The predicted octanol–water partition coefficient (Wildman–Crippen LogP) is 3.74. The first-order valence-corrected chi connectivity index (χ1v) is 6.04. The Morgan fingerprint density at radius 1 is 1.06 bits per heavy atom. The van der Waals surface area contributed by atoms with Gasteiger partial charge in [-0.3, -0.25) is 0 Å². The monoisotopic (exact) mass is 211 g/mol. The van der Waals surface area contributed by atoms with Crippen LogP contribution in [0.2, 0.25) is 0 Å². The van der Waals surface area contributed by atoms with Crippen LogP contribution in [0.5, 0.6) is 0 Å². The van der Waals surface area contributed by atoms with E-state index in [1.807, 2.05) is 0 Å². The smallest absolute Gasteiger partial charge is 0.0298 e. The summed E-state index contributed by atoms with van der Waals surface area (Å²) in [6.45, 7) is 2.32. The van der Waals surface area contributed by atoms with Gasteiger partial charge in [-0.25, -0.2) is 0 Å². The first kappa shape index (κ1) is 9.86. The molecule has 1 heteroatoms. The molecule has 0 heterocycles. The SMILES string of the molecule is CC1CCC(N)c2ccc3ccccc3c21. The van der Waals surface area contributed by atoms with Gasteiger partial charge in [0.25, 0.3) is 0 Å². The van der Waals surface area contributed by atoms with Gasteiger partial charge < -0.3 is 5.73 Å². The molecule has 3 rings (SSSR count). The van der Waals surface area contributed by atoms with Crippen molar-refractivity contribution in [3.05, 3.63) is 47.5 Å². The van der Waals surface area contributed by atoms with Crippen LogP contribution in [-0.4, -0.2) is 0 Å². The molecule has 16 heavy (non-hydrogen) atoms. The normalized spacial score (nSPS) is 24.4. The van der Waals surface area contributed by atoms with Crippen LogP contribution in [0.15, 0.2) is 36.4 Å². The fourth-order valence-corrected chi connectivity index (χ4v) is 2.92. The second-order valence-electron chi connectivity index (χ2n) is 4.87. The summed E-state index contributed by atoms with van der Waals surface area (Å²) in [5.74, 6) is 0.640. The largest absolute Gasteiger partial charge is 0.324 e. The molecule has 82 valence electrons. The molecule has 1 aliphatic carbocycles. The zero-order valence-corrected chi connectivity index (χ0v) is 9.61. The quantitative estimate of drug-likeness (QED) is 0.706. The highest BCUT2D eigenvalue weighted by atomic mass is 14.6. The molecule has 0 aliphatic heterocycles. The maximum Gasteiger partial charge on any atom is 0.0298 e. The highest BCUT2D eigenvalue weighted by Crippen LogP contribution is 2.39. The first-order chi connectivity index (χ1) is 7.77. The molecule has 1 nitrogen and oxygen atoms in total. The van der Waals surface area contributed by atoms with Crippen LogP contribution in [0.25, 0.3) is 10.8 Å². The molecule has 0 bridgehead atoms. The van der Waals surface area contributed by atoms with Gasteiger partial charge >= 0.3 is 0 Å². The highest BCUT2D eigenvalue weighted by molar-refractivity contribution is 5.87. The molecule has 2 aromatic rings. The summed E-state index contributed by atoms with van der Waals surface area (Å²) < 4.78 is 0. The van der Waals surface area contributed by atoms with Crippen molar-refractivity contribution in [3.8, 4) is 0 Å². The Kier molecular flexibility index (Phi) is 2.22. The van der Waals surface area contributed by atoms with Crippen LogP contribution in [-0.2, 0) is 0 Å². The lowest BCUT2D eigenvalue weighted by atomic mass is 9.79. The molecule has 0 amide bonds. The van der Waals surface area contributed by atoms with E-state index in [2.05, 4.69) is 43.3 Å². The average Bonchev–Trinajstić information content (AvgIpc) is 2.33. The standard InChI is InChI=1S/C15H17N/c1-10-6-9-14(16)13-8-7-11-4-2-3-5-12(11)15(10)13/h2-5,7-8,10,14H,6,9,16H2,1H3. The van der Waals surface area contributed by atoms with Crippen molar-refractivity contribution in [2.75, 3.05) is 0 Å². The van der Waals surface area contributed by atoms with E-state index in [4.69, 9.17) is 5.73 Å². The van der Waals surface area contributed by atoms with E-state index in [-0.39, 0.29) is 6.04 Å². The van der Waals surface area contributed by atoms with Gasteiger partial charge in [0, 0.05) is 6.04 Å². The third-order valence-corrected chi connectivity index (χ3v) is 3.81. The second kappa shape index (κ2) is 3.60. The van der Waals surface area contributed by atoms with Crippen molar-refractivity contribution in [2.45, 2.75) is 31.7 Å². The van der Waals surface area contributed by atoms with Crippen molar-refractivity contribution in [3.63, 3.8) is 0 Å². The second-order valence-corrected chi connectivity index (χ2v) is 4.87. The van der Waals surface area contributed by atoms with Gasteiger partial charge in [0.2, 0.25) is 0 Å². The van der Waals surface area contributed by atoms with Gasteiger partial charge in [-0.1, -0.05) is 43.3 Å². The summed E-state index contributed by atoms with van der Waals surface area (Å²) in [6.07, 6.45) is 2.33. The first-order valence-electron chi connectivity index (χ1n) is 6.04. The van der Waals surface area contributed by atoms with Crippen LogP contribution in [0.4, 0.5) is 0 Å². The third-order valence-electron chi connectivity index (χ3n) is 3.81. The molecule has 0 fully saturated rings. The summed E-state index contributed by atoms with van der Waals surface area (Å²) in [5.41, 5.74) is 9.04. The average molecular weight is 211 g/mol. The van der Waals surface area contributed by atoms with E-state index in [0.29, 0.717) is 5.92 Å². The number of nitrogens with two attached hydrogens (primary N) is 1. The molecule has 1 aliphatic rings. The molecule has 0 radical (unpaired) electrons. The molecule has 2 aromatic carbocycles. The van der Waals surface area contributed by atoms with Crippen LogP contribution in [0.1, 0.15) is 42.9 Å². The highest BCUT2D eigenvalue weighted by Gasteiger charge is 2.23. The molecule has 0 saturated carbocycles. The fraction of sp³-hybridized carbons (Fsp3) is 0.333. The zero-order chi connectivity index (χ0) is 11.1. The Balaban J connectivity index is 2.35. The van der Waals surface area contributed by atoms with Gasteiger partial charge in [-0.05, 0) is 40.7 Å². The van der Waals surface area contributed by atoms with Gasteiger partial charge in [0.05, 0.1) is 0 Å². The lowest BCUT2D eigenvalue weighted by Gasteiger charge is -2.28. The Bertz CT molecular complexity index is 530. The number of rotatable bonds is 0. The Morgan fingerprint density at radius 2 is 1.88 bits per heavy atom. The van der Waals surface area contributed by atoms with E-state index in [1.165, 1.54) is 28.3 Å². The number of fused-ring (bicyclic) bond motifs is 3. The van der Waals surface area contributed by atoms with Crippen molar-refractivity contribution in [1.82, 2.24) is 0 Å². The maximum absolute atomic E-state index is 6.20. The summed E-state index contributed by atoms with van der Waals surface area (Å²) in [6, 6.07) is 13.3. The summed E-state index contributed by atoms with van der Waals surface area (Å²) in [5, 5.41) is 2.73. The van der Waals surface area contributed by atoms with Gasteiger partial charge in [0.1, 0.15) is 0 Å². The molecule has 2 N–H and O–H groups in total. The molecule has 0 saturated heterocycles. The van der Waals surface area contributed by atoms with E-state index < -0.39 is 0 Å². The van der Waals surface area contributed by atoms with E-state index in [0.717, 1.165) is 6.42 Å². The van der Waals surface area contributed by atoms with Gasteiger partial charge in [-0.2, -0.15) is 0 Å². The van der Waals surface area contributed by atoms with E-state index >= 15 is 0 Å². The summed E-state index contributed by atoms with van der Waals surface area (Å²) in [7, 11) is 0. The van der Waals surface area contributed by atoms with Crippen molar-refractivity contribution in [2.24, 2.45) is 5.73 Å². The molecule has 0 aromatic heterocycles. The zero-order valence-electron chi connectivity index (χ0n) is 9.61. The third kappa shape index (κ3) is 1.35. The molecule has 0 spiro atoms. The minimum absolute atomic E-state index is 0.232. The fourth-order valence-electron chi connectivity index (χ4n) is 2.92. The van der Waals surface area contributed by atoms with E-state index in [9.17, 15) is 0 Å². The molecule has 2 atom stereocenters. The number of benzene rings is 2. The maximum atomic E-state index is 6.20. The molecule has 2 unspecified atom stereocenters. The van der Waals surface area contributed by atoms with Crippen molar-refractivity contribution >= 4 is 10.8 Å². The Morgan fingerprint density at radius 3 is 2.75 bits per heavy atom. The summed E-state index contributed by atoms with van der Waals surface area (Å²) >= 11 is 0. The molecular formula is C15H17N. The Hall–Kier alpha value is -1.34. The van der Waals surface area contributed by atoms with Gasteiger partial charge in [-0.15, -0.1) is 0 Å². The van der Waals surface area contributed by atoms with Crippen molar-refractivity contribution in [1.29, 1.82) is 0 Å². The van der Waals surface area contributed by atoms with Crippen LogP contribution in [0, 0.1) is 0 Å². The molecular weight excluding hydrogens is 194 g/mol. The van der Waals surface area contributed by atoms with Gasteiger partial charge in [0.15, 0.2) is 0 Å². The van der Waals surface area contributed by atoms with Crippen molar-refractivity contribution < 1.29 is 0 Å². The summed E-state index contributed by atoms with van der Waals surface area (Å²) in [4.78, 5) is 0.